The Labute approximate surface area is 157 Å². The highest BCUT2D eigenvalue weighted by Crippen LogP contribution is 2.17. The van der Waals surface area contributed by atoms with Crippen molar-refractivity contribution in [1.29, 1.82) is 0 Å². The van der Waals surface area contributed by atoms with E-state index in [9.17, 15) is 4.79 Å². The monoisotopic (exact) mass is 367 g/mol. The third kappa shape index (κ3) is 4.33. The molecule has 0 atom stereocenters. The number of hydrogen-bond acceptors (Lipinski definition) is 5. The minimum absolute atomic E-state index is 0.0908. The van der Waals surface area contributed by atoms with Gasteiger partial charge in [0.1, 0.15) is 6.54 Å². The minimum Gasteiger partial charge on any atom is -0.361 e. The maximum atomic E-state index is 12.4. The van der Waals surface area contributed by atoms with Crippen molar-refractivity contribution in [2.75, 3.05) is 13.1 Å². The van der Waals surface area contributed by atoms with Crippen LogP contribution in [0.25, 0.3) is 10.9 Å². The number of nitrogens with one attached hydrogen (secondary N) is 2. The largest absolute Gasteiger partial charge is 0.361 e. The van der Waals surface area contributed by atoms with E-state index in [-0.39, 0.29) is 12.5 Å². The number of aromatic nitrogens is 5. The first-order chi connectivity index (χ1) is 13.3. The van der Waals surface area contributed by atoms with E-state index in [1.807, 2.05) is 30.5 Å². The van der Waals surface area contributed by atoms with E-state index < -0.39 is 0 Å². The van der Waals surface area contributed by atoms with Crippen LogP contribution in [0.1, 0.15) is 37.1 Å². The number of carbonyl (C=O) groups excluding carboxylic acids is 1. The number of benzene rings is 1. The van der Waals surface area contributed by atoms with Gasteiger partial charge in [0.05, 0.1) is 6.54 Å². The lowest BCUT2D eigenvalue weighted by Gasteiger charge is -2.18. The predicted octanol–water partition coefficient (Wildman–Crippen LogP) is 1.85. The van der Waals surface area contributed by atoms with Gasteiger partial charge in [0.25, 0.3) is 0 Å². The normalized spacial score (nSPS) is 15.7. The number of likely N-dealkylation sites (tertiary alicyclic amines) is 1. The van der Waals surface area contributed by atoms with Crippen LogP contribution in [0.4, 0.5) is 0 Å². The standard InChI is InChI=1S/C19H25N7O/c27-19(21-12-15-6-5-7-17-16(15)8-9-20-17)14-26-18(22-23-24-26)13-25-10-3-1-2-4-11-25/h5-9,20H,1-4,10-14H2,(H,21,27). The summed E-state index contributed by atoms with van der Waals surface area (Å²) in [7, 11) is 0. The van der Waals surface area contributed by atoms with Crippen LogP contribution in [-0.2, 0) is 24.4 Å². The van der Waals surface area contributed by atoms with E-state index >= 15 is 0 Å². The van der Waals surface area contributed by atoms with Gasteiger partial charge in [-0.2, -0.15) is 0 Å². The Morgan fingerprint density at radius 3 is 2.85 bits per heavy atom. The van der Waals surface area contributed by atoms with Crippen LogP contribution >= 0.6 is 0 Å². The average Bonchev–Trinajstić information content (AvgIpc) is 3.24. The summed E-state index contributed by atoms with van der Waals surface area (Å²) in [5.41, 5.74) is 2.16. The molecule has 1 aromatic carbocycles. The van der Waals surface area contributed by atoms with Gasteiger partial charge in [-0.3, -0.25) is 9.69 Å². The van der Waals surface area contributed by atoms with Gasteiger partial charge in [0, 0.05) is 23.6 Å². The van der Waals surface area contributed by atoms with Crippen molar-refractivity contribution >= 4 is 16.8 Å². The van der Waals surface area contributed by atoms with Crippen molar-refractivity contribution in [3.63, 3.8) is 0 Å². The van der Waals surface area contributed by atoms with Crippen LogP contribution in [0.3, 0.4) is 0 Å². The number of rotatable bonds is 6. The van der Waals surface area contributed by atoms with Crippen molar-refractivity contribution in [3.8, 4) is 0 Å². The molecule has 0 bridgehead atoms. The highest BCUT2D eigenvalue weighted by Gasteiger charge is 2.16. The number of nitrogens with zero attached hydrogens (tertiary/aromatic N) is 5. The molecule has 27 heavy (non-hydrogen) atoms. The first-order valence-electron chi connectivity index (χ1n) is 9.59. The van der Waals surface area contributed by atoms with Crippen LogP contribution in [0.5, 0.6) is 0 Å². The zero-order valence-electron chi connectivity index (χ0n) is 15.4. The number of carbonyl (C=O) groups is 1. The zero-order chi connectivity index (χ0) is 18.5. The summed E-state index contributed by atoms with van der Waals surface area (Å²) in [5.74, 6) is 0.659. The highest BCUT2D eigenvalue weighted by atomic mass is 16.2. The quantitative estimate of drug-likeness (QED) is 0.694. The number of hydrogen-bond donors (Lipinski definition) is 2. The van der Waals surface area contributed by atoms with Crippen LogP contribution < -0.4 is 5.32 Å². The molecule has 0 aliphatic carbocycles. The molecule has 2 N–H and O–H groups in total. The van der Waals surface area contributed by atoms with E-state index in [1.165, 1.54) is 25.7 Å². The third-order valence-electron chi connectivity index (χ3n) is 5.12. The molecule has 142 valence electrons. The molecule has 3 aromatic rings. The van der Waals surface area contributed by atoms with Gasteiger partial charge in [0.2, 0.25) is 5.91 Å². The minimum atomic E-state index is -0.0908. The molecular weight excluding hydrogens is 342 g/mol. The maximum Gasteiger partial charge on any atom is 0.242 e. The molecule has 0 saturated carbocycles. The van der Waals surface area contributed by atoms with Gasteiger partial charge in [-0.25, -0.2) is 4.68 Å². The Hall–Kier alpha value is -2.74. The molecule has 0 unspecified atom stereocenters. The van der Waals surface area contributed by atoms with Crippen molar-refractivity contribution in [2.24, 2.45) is 0 Å². The third-order valence-corrected chi connectivity index (χ3v) is 5.12. The van der Waals surface area contributed by atoms with Gasteiger partial charge < -0.3 is 10.3 Å². The van der Waals surface area contributed by atoms with E-state index in [1.54, 1.807) is 4.68 Å². The predicted molar refractivity (Wildman–Crippen MR) is 102 cm³/mol. The summed E-state index contributed by atoms with van der Waals surface area (Å²) in [4.78, 5) is 18.0. The first kappa shape index (κ1) is 17.7. The molecule has 1 fully saturated rings. The molecule has 0 radical (unpaired) electrons. The summed E-state index contributed by atoms with van der Waals surface area (Å²) in [6, 6.07) is 8.06. The fraction of sp³-hybridized carbons (Fsp3) is 0.474. The van der Waals surface area contributed by atoms with Gasteiger partial charge in [-0.1, -0.05) is 25.0 Å². The molecule has 8 nitrogen and oxygen atoms in total. The lowest BCUT2D eigenvalue weighted by molar-refractivity contribution is -0.122. The zero-order valence-corrected chi connectivity index (χ0v) is 15.4. The lowest BCUT2D eigenvalue weighted by Crippen LogP contribution is -2.30. The number of aromatic amines is 1. The Balaban J connectivity index is 1.34. The first-order valence-corrected chi connectivity index (χ1v) is 9.59. The molecule has 4 rings (SSSR count). The molecule has 0 spiro atoms. The summed E-state index contributed by atoms with van der Waals surface area (Å²) >= 11 is 0. The van der Waals surface area contributed by atoms with E-state index in [0.29, 0.717) is 13.1 Å². The van der Waals surface area contributed by atoms with Gasteiger partial charge >= 0.3 is 0 Å². The second-order valence-corrected chi connectivity index (χ2v) is 7.08. The van der Waals surface area contributed by atoms with Crippen molar-refractivity contribution in [1.82, 2.24) is 35.4 Å². The molecule has 3 heterocycles. The number of fused-ring (bicyclic) bond motifs is 1. The number of H-pyrrole nitrogens is 1. The van der Waals surface area contributed by atoms with Crippen molar-refractivity contribution in [3.05, 3.63) is 41.9 Å². The second kappa shape index (κ2) is 8.30. The highest BCUT2D eigenvalue weighted by molar-refractivity contribution is 5.83. The molecule has 1 aliphatic heterocycles. The lowest BCUT2D eigenvalue weighted by atomic mass is 10.1. The molecule has 8 heteroatoms. The summed E-state index contributed by atoms with van der Waals surface area (Å²) < 4.78 is 1.61. The van der Waals surface area contributed by atoms with E-state index in [0.717, 1.165) is 35.4 Å². The average molecular weight is 367 g/mol. The number of amides is 1. The topological polar surface area (TPSA) is 91.7 Å². The fourth-order valence-electron chi connectivity index (χ4n) is 3.64. The van der Waals surface area contributed by atoms with Gasteiger partial charge in [-0.15, -0.1) is 5.10 Å². The molecular formula is C19H25N7O. The Bertz CT molecular complexity index is 892. The van der Waals surface area contributed by atoms with E-state index in [4.69, 9.17) is 0 Å². The molecule has 1 saturated heterocycles. The van der Waals surface area contributed by atoms with Crippen LogP contribution in [0, 0.1) is 0 Å². The van der Waals surface area contributed by atoms with Crippen LogP contribution in [0.2, 0.25) is 0 Å². The maximum absolute atomic E-state index is 12.4. The smallest absolute Gasteiger partial charge is 0.242 e. The Kier molecular flexibility index (Phi) is 5.43. The Morgan fingerprint density at radius 2 is 2.00 bits per heavy atom. The second-order valence-electron chi connectivity index (χ2n) is 7.08. The number of tetrazole rings is 1. The van der Waals surface area contributed by atoms with Gasteiger partial charge in [-0.05, 0) is 54.1 Å². The van der Waals surface area contributed by atoms with Crippen molar-refractivity contribution in [2.45, 2.75) is 45.3 Å². The van der Waals surface area contributed by atoms with Crippen LogP contribution in [-0.4, -0.2) is 49.1 Å². The van der Waals surface area contributed by atoms with E-state index in [2.05, 4.69) is 30.7 Å². The Morgan fingerprint density at radius 1 is 1.15 bits per heavy atom. The SMILES string of the molecule is O=C(Cn1nnnc1CN1CCCCCC1)NCc1cccc2[nH]ccc12. The molecule has 1 aliphatic rings. The summed E-state index contributed by atoms with van der Waals surface area (Å²) in [6.07, 6.45) is 6.92. The van der Waals surface area contributed by atoms with Crippen LogP contribution in [0.15, 0.2) is 30.5 Å². The van der Waals surface area contributed by atoms with Gasteiger partial charge in [0.15, 0.2) is 5.82 Å². The molecule has 1 amide bonds. The van der Waals surface area contributed by atoms with Crippen molar-refractivity contribution < 1.29 is 4.79 Å². The summed E-state index contributed by atoms with van der Waals surface area (Å²) in [6.45, 7) is 3.46. The molecule has 2 aromatic heterocycles. The summed E-state index contributed by atoms with van der Waals surface area (Å²) in [5, 5.41) is 16.0. The fourth-order valence-corrected chi connectivity index (χ4v) is 3.64.